The van der Waals surface area contributed by atoms with Crippen molar-refractivity contribution in [2.75, 3.05) is 5.32 Å². The van der Waals surface area contributed by atoms with Gasteiger partial charge in [-0.15, -0.1) is 11.8 Å². The van der Waals surface area contributed by atoms with Crippen LogP contribution in [0.4, 0.5) is 5.69 Å². The van der Waals surface area contributed by atoms with Crippen LogP contribution in [-0.2, 0) is 4.79 Å². The highest BCUT2D eigenvalue weighted by Gasteiger charge is 2.16. The smallest absolute Gasteiger partial charge is 0.323 e. The van der Waals surface area contributed by atoms with Gasteiger partial charge in [0.1, 0.15) is 0 Å². The van der Waals surface area contributed by atoms with Crippen LogP contribution in [0.2, 0.25) is 0 Å². The van der Waals surface area contributed by atoms with Gasteiger partial charge < -0.3 is 15.3 Å². The fourth-order valence-electron chi connectivity index (χ4n) is 2.43. The number of hydrogen-bond donors (Lipinski definition) is 3. The topological polar surface area (TPSA) is 77.8 Å². The lowest BCUT2D eigenvalue weighted by Crippen LogP contribution is -2.22. The molecule has 0 saturated carbocycles. The Labute approximate surface area is 143 Å². The molecule has 6 heteroatoms. The van der Waals surface area contributed by atoms with Crippen molar-refractivity contribution < 1.29 is 4.79 Å². The molecule has 0 aliphatic rings. The van der Waals surface area contributed by atoms with E-state index in [1.54, 1.807) is 30.0 Å². The number of imidazole rings is 1. The minimum Gasteiger partial charge on any atom is -0.325 e. The van der Waals surface area contributed by atoms with E-state index < -0.39 is 0 Å². The van der Waals surface area contributed by atoms with Gasteiger partial charge in [-0.05, 0) is 50.6 Å². The summed E-state index contributed by atoms with van der Waals surface area (Å²) in [6.45, 7) is 5.97. The molecule has 0 aliphatic carbocycles. The second-order valence-electron chi connectivity index (χ2n) is 5.86. The molecule has 0 aliphatic heterocycles. The molecule has 2 aromatic carbocycles. The van der Waals surface area contributed by atoms with E-state index in [1.165, 1.54) is 5.56 Å². The zero-order valence-electron chi connectivity index (χ0n) is 13.8. The monoisotopic (exact) mass is 341 g/mol. The van der Waals surface area contributed by atoms with Crippen molar-refractivity contribution in [1.82, 2.24) is 9.97 Å². The number of amides is 1. The summed E-state index contributed by atoms with van der Waals surface area (Å²) < 4.78 is 0. The van der Waals surface area contributed by atoms with Gasteiger partial charge in [0, 0.05) is 10.6 Å². The van der Waals surface area contributed by atoms with Gasteiger partial charge in [-0.25, -0.2) is 4.79 Å². The molecule has 24 heavy (non-hydrogen) atoms. The van der Waals surface area contributed by atoms with Crippen LogP contribution in [0.5, 0.6) is 0 Å². The van der Waals surface area contributed by atoms with Crippen molar-refractivity contribution >= 4 is 34.4 Å². The molecule has 0 bridgehead atoms. The molecule has 0 spiro atoms. The first kappa shape index (κ1) is 16.4. The summed E-state index contributed by atoms with van der Waals surface area (Å²) in [5.41, 5.74) is 4.14. The average molecular weight is 341 g/mol. The predicted molar refractivity (Wildman–Crippen MR) is 98.8 cm³/mol. The lowest BCUT2D eigenvalue weighted by Gasteiger charge is -2.14. The molecular weight excluding hydrogens is 322 g/mol. The Bertz CT molecular complexity index is 958. The molecule has 3 rings (SSSR count). The normalized spacial score (nSPS) is 12.3. The molecule has 1 aromatic heterocycles. The summed E-state index contributed by atoms with van der Waals surface area (Å²) in [6.07, 6.45) is 0. The lowest BCUT2D eigenvalue weighted by atomic mass is 10.2. The minimum atomic E-state index is -0.257. The van der Waals surface area contributed by atoms with E-state index in [2.05, 4.69) is 33.5 Å². The van der Waals surface area contributed by atoms with Crippen molar-refractivity contribution in [3.8, 4) is 0 Å². The Morgan fingerprint density at radius 1 is 1.08 bits per heavy atom. The molecular formula is C18H19N3O2S. The number of thioether (sulfide) groups is 1. The lowest BCUT2D eigenvalue weighted by molar-refractivity contribution is -0.115. The van der Waals surface area contributed by atoms with Crippen LogP contribution in [0.15, 0.2) is 46.1 Å². The van der Waals surface area contributed by atoms with Gasteiger partial charge >= 0.3 is 5.69 Å². The number of nitrogens with one attached hydrogen (secondary N) is 3. The number of carbonyl (C=O) groups excluding carboxylic acids is 1. The van der Waals surface area contributed by atoms with E-state index in [9.17, 15) is 9.59 Å². The fourth-order valence-corrected chi connectivity index (χ4v) is 3.49. The third kappa shape index (κ3) is 3.54. The molecule has 0 fully saturated rings. The Hall–Kier alpha value is -2.47. The fraction of sp³-hybridized carbons (Fsp3) is 0.222. The van der Waals surface area contributed by atoms with Gasteiger partial charge in [-0.1, -0.05) is 17.7 Å². The minimum absolute atomic E-state index is 0.0712. The van der Waals surface area contributed by atoms with Crippen LogP contribution in [-0.4, -0.2) is 21.1 Å². The van der Waals surface area contributed by atoms with Gasteiger partial charge in [0.15, 0.2) is 0 Å². The largest absolute Gasteiger partial charge is 0.325 e. The zero-order valence-corrected chi connectivity index (χ0v) is 14.6. The van der Waals surface area contributed by atoms with Crippen LogP contribution in [0, 0.1) is 13.8 Å². The zero-order chi connectivity index (χ0) is 17.3. The summed E-state index contributed by atoms with van der Waals surface area (Å²) in [4.78, 5) is 30.2. The van der Waals surface area contributed by atoms with Crippen LogP contribution < -0.4 is 11.0 Å². The van der Waals surface area contributed by atoms with Gasteiger partial charge in [-0.2, -0.15) is 0 Å². The van der Waals surface area contributed by atoms with E-state index in [1.807, 2.05) is 20.8 Å². The van der Waals surface area contributed by atoms with Crippen LogP contribution in [0.1, 0.15) is 18.1 Å². The summed E-state index contributed by atoms with van der Waals surface area (Å²) in [5.74, 6) is -0.0712. The molecule has 1 amide bonds. The van der Waals surface area contributed by atoms with E-state index in [0.717, 1.165) is 16.0 Å². The predicted octanol–water partition coefficient (Wildman–Crippen LogP) is 3.59. The third-order valence-corrected chi connectivity index (χ3v) is 5.06. The van der Waals surface area contributed by atoms with Crippen molar-refractivity contribution in [2.45, 2.75) is 30.9 Å². The van der Waals surface area contributed by atoms with E-state index >= 15 is 0 Å². The second kappa shape index (κ2) is 6.57. The first-order valence-electron chi connectivity index (χ1n) is 7.69. The standard InChI is InChI=1S/C18H19N3O2S/c1-10-4-5-11(2)16(8-10)24-12(3)17(22)19-13-6-7-14-15(9-13)21-18(23)20-14/h4-9,12H,1-3H3,(H,19,22)(H2,20,21,23). The molecule has 0 saturated heterocycles. The third-order valence-electron chi connectivity index (χ3n) is 3.80. The Balaban J connectivity index is 1.72. The molecule has 124 valence electrons. The van der Waals surface area contributed by atoms with Crippen LogP contribution in [0.3, 0.4) is 0 Å². The average Bonchev–Trinajstić information content (AvgIpc) is 2.90. The number of aryl methyl sites for hydroxylation is 2. The number of carbonyl (C=O) groups is 1. The Morgan fingerprint density at radius 2 is 1.83 bits per heavy atom. The number of anilines is 1. The Morgan fingerprint density at radius 3 is 2.62 bits per heavy atom. The van der Waals surface area contributed by atoms with Crippen LogP contribution in [0.25, 0.3) is 11.0 Å². The highest BCUT2D eigenvalue weighted by molar-refractivity contribution is 8.00. The maximum absolute atomic E-state index is 12.4. The van der Waals surface area contributed by atoms with Crippen molar-refractivity contribution in [3.05, 3.63) is 58.0 Å². The number of hydrogen-bond acceptors (Lipinski definition) is 3. The summed E-state index contributed by atoms with van der Waals surface area (Å²) in [5, 5.41) is 2.67. The molecule has 5 nitrogen and oxygen atoms in total. The van der Waals surface area contributed by atoms with E-state index in [4.69, 9.17) is 0 Å². The molecule has 1 atom stereocenters. The SMILES string of the molecule is Cc1ccc(C)c(SC(C)C(=O)Nc2ccc3[nH]c(=O)[nH]c3c2)c1. The van der Waals surface area contributed by atoms with Crippen molar-refractivity contribution in [3.63, 3.8) is 0 Å². The maximum Gasteiger partial charge on any atom is 0.323 e. The number of rotatable bonds is 4. The highest BCUT2D eigenvalue weighted by Crippen LogP contribution is 2.28. The number of fused-ring (bicyclic) bond motifs is 1. The number of aromatic amines is 2. The van der Waals surface area contributed by atoms with Gasteiger partial charge in [0.05, 0.1) is 16.3 Å². The quantitative estimate of drug-likeness (QED) is 0.635. The summed E-state index contributed by atoms with van der Waals surface area (Å²) in [6, 6.07) is 11.5. The van der Waals surface area contributed by atoms with Crippen molar-refractivity contribution in [2.24, 2.45) is 0 Å². The highest BCUT2D eigenvalue weighted by atomic mass is 32.2. The summed E-state index contributed by atoms with van der Waals surface area (Å²) >= 11 is 1.54. The molecule has 0 radical (unpaired) electrons. The van der Waals surface area contributed by atoms with Crippen LogP contribution >= 0.6 is 11.8 Å². The second-order valence-corrected chi connectivity index (χ2v) is 7.24. The van der Waals surface area contributed by atoms with E-state index in [-0.39, 0.29) is 16.8 Å². The van der Waals surface area contributed by atoms with Gasteiger partial charge in [0.25, 0.3) is 0 Å². The first-order valence-corrected chi connectivity index (χ1v) is 8.57. The van der Waals surface area contributed by atoms with Gasteiger partial charge in [0.2, 0.25) is 5.91 Å². The molecule has 1 unspecified atom stereocenters. The van der Waals surface area contributed by atoms with E-state index in [0.29, 0.717) is 11.2 Å². The molecule has 1 heterocycles. The Kier molecular flexibility index (Phi) is 4.49. The van der Waals surface area contributed by atoms with Gasteiger partial charge in [-0.3, -0.25) is 4.79 Å². The summed E-state index contributed by atoms with van der Waals surface area (Å²) in [7, 11) is 0. The number of H-pyrrole nitrogens is 2. The maximum atomic E-state index is 12.4. The first-order chi connectivity index (χ1) is 11.4. The number of benzene rings is 2. The number of aromatic nitrogens is 2. The molecule has 3 aromatic rings. The van der Waals surface area contributed by atoms with Crippen molar-refractivity contribution in [1.29, 1.82) is 0 Å². The molecule has 3 N–H and O–H groups in total.